The average Bonchev–Trinajstić information content (AvgIpc) is 2.47. The van der Waals surface area contributed by atoms with Gasteiger partial charge in [0.2, 0.25) is 0 Å². The topological polar surface area (TPSA) is 29.5 Å². The van der Waals surface area contributed by atoms with E-state index < -0.39 is 0 Å². The molecule has 0 unspecified atom stereocenters. The molecule has 1 aromatic rings. The molecule has 0 fully saturated rings. The number of rotatable bonds is 1. The van der Waals surface area contributed by atoms with E-state index in [1.165, 1.54) is 5.56 Å². The summed E-state index contributed by atoms with van der Waals surface area (Å²) in [6.45, 7) is 0.721. The third-order valence-corrected chi connectivity index (χ3v) is 2.01. The number of ether oxygens (including phenoxy) is 1. The first-order chi connectivity index (χ1) is 5.42. The molecule has 58 valence electrons. The van der Waals surface area contributed by atoms with Crippen LogP contribution in [0.3, 0.4) is 0 Å². The summed E-state index contributed by atoms with van der Waals surface area (Å²) < 4.78 is 5.32. The third kappa shape index (κ3) is 1.04. The van der Waals surface area contributed by atoms with E-state index in [9.17, 15) is 0 Å². The van der Waals surface area contributed by atoms with Gasteiger partial charge in [-0.1, -0.05) is 24.3 Å². The quantitative estimate of drug-likeness (QED) is 0.652. The Morgan fingerprint density at radius 3 is 3.09 bits per heavy atom. The van der Waals surface area contributed by atoms with E-state index in [1.54, 1.807) is 0 Å². The Balaban J connectivity index is 2.39. The lowest BCUT2D eigenvalue weighted by Gasteiger charge is -2.04. The fourth-order valence-electron chi connectivity index (χ4n) is 1.41. The van der Waals surface area contributed by atoms with Gasteiger partial charge >= 0.3 is 0 Å². The molecule has 0 spiro atoms. The monoisotopic (exact) mass is 150 g/mol. The molecule has 0 aromatic heterocycles. The minimum absolute atomic E-state index is 0.0804. The number of fused-ring (bicyclic) bond motifs is 1. The molecule has 0 saturated carbocycles. The van der Waals surface area contributed by atoms with Crippen LogP contribution in [-0.4, -0.2) is 11.7 Å². The molecule has 0 radical (unpaired) electrons. The standard InChI is InChI=1S/C9H10O2/c10-5-9-8-4-2-1-3-7(8)6-11-9/h1-4,9-10H,5-6H2/t9-/m0/s1. The minimum atomic E-state index is -0.0915. The predicted octanol–water partition coefficient (Wildman–Crippen LogP) is 1.25. The molecule has 1 aliphatic heterocycles. The molecular weight excluding hydrogens is 140 g/mol. The first-order valence-corrected chi connectivity index (χ1v) is 3.72. The van der Waals surface area contributed by atoms with Crippen LogP contribution in [-0.2, 0) is 11.3 Å². The van der Waals surface area contributed by atoms with E-state index in [0.29, 0.717) is 6.61 Å². The van der Waals surface area contributed by atoms with Crippen molar-refractivity contribution in [1.82, 2.24) is 0 Å². The van der Waals surface area contributed by atoms with Gasteiger partial charge in [0.1, 0.15) is 6.10 Å². The number of hydrogen-bond acceptors (Lipinski definition) is 2. The number of benzene rings is 1. The van der Waals surface area contributed by atoms with E-state index in [2.05, 4.69) is 0 Å². The molecule has 0 bridgehead atoms. The molecule has 0 saturated heterocycles. The van der Waals surface area contributed by atoms with Crippen LogP contribution in [0.15, 0.2) is 24.3 Å². The van der Waals surface area contributed by atoms with Gasteiger partial charge < -0.3 is 9.84 Å². The Labute approximate surface area is 65.4 Å². The smallest absolute Gasteiger partial charge is 0.106 e. The summed E-state index contributed by atoms with van der Waals surface area (Å²) in [5.41, 5.74) is 2.33. The van der Waals surface area contributed by atoms with Crippen LogP contribution in [0, 0.1) is 0 Å². The maximum Gasteiger partial charge on any atom is 0.106 e. The van der Waals surface area contributed by atoms with Gasteiger partial charge in [-0.25, -0.2) is 0 Å². The van der Waals surface area contributed by atoms with E-state index in [-0.39, 0.29) is 12.7 Å². The molecule has 1 aliphatic rings. The molecule has 2 rings (SSSR count). The van der Waals surface area contributed by atoms with Crippen molar-refractivity contribution in [2.45, 2.75) is 12.7 Å². The second-order valence-corrected chi connectivity index (χ2v) is 2.68. The van der Waals surface area contributed by atoms with E-state index in [0.717, 1.165) is 5.56 Å². The fraction of sp³-hybridized carbons (Fsp3) is 0.333. The summed E-state index contributed by atoms with van der Waals surface area (Å²) in [7, 11) is 0. The van der Waals surface area contributed by atoms with Crippen molar-refractivity contribution in [2.24, 2.45) is 0 Å². The van der Waals surface area contributed by atoms with Crippen molar-refractivity contribution in [2.75, 3.05) is 6.61 Å². The van der Waals surface area contributed by atoms with Crippen molar-refractivity contribution in [3.05, 3.63) is 35.4 Å². The Morgan fingerprint density at radius 2 is 2.27 bits per heavy atom. The summed E-state index contributed by atoms with van der Waals surface area (Å²) in [5, 5.41) is 8.89. The Bertz CT molecular complexity index is 257. The Hall–Kier alpha value is -0.860. The van der Waals surface area contributed by atoms with Crippen LogP contribution in [0.2, 0.25) is 0 Å². The second-order valence-electron chi connectivity index (χ2n) is 2.68. The maximum atomic E-state index is 8.89. The number of aliphatic hydroxyl groups excluding tert-OH is 1. The molecule has 1 N–H and O–H groups in total. The van der Waals surface area contributed by atoms with Crippen LogP contribution >= 0.6 is 0 Å². The van der Waals surface area contributed by atoms with Crippen LogP contribution in [0.1, 0.15) is 17.2 Å². The van der Waals surface area contributed by atoms with Gasteiger partial charge in [-0.2, -0.15) is 0 Å². The largest absolute Gasteiger partial charge is 0.393 e. The van der Waals surface area contributed by atoms with Gasteiger partial charge in [0, 0.05) is 0 Å². The Kier molecular flexibility index (Phi) is 1.64. The van der Waals surface area contributed by atoms with Crippen molar-refractivity contribution in [3.8, 4) is 0 Å². The van der Waals surface area contributed by atoms with Gasteiger partial charge in [-0.3, -0.25) is 0 Å². The summed E-state index contributed by atoms with van der Waals surface area (Å²) in [4.78, 5) is 0. The molecule has 2 heteroatoms. The highest BCUT2D eigenvalue weighted by atomic mass is 16.5. The third-order valence-electron chi connectivity index (χ3n) is 2.01. The summed E-state index contributed by atoms with van der Waals surface area (Å²) in [6, 6.07) is 7.99. The lowest BCUT2D eigenvalue weighted by molar-refractivity contribution is 0.0234. The fourth-order valence-corrected chi connectivity index (χ4v) is 1.41. The molecule has 2 nitrogen and oxygen atoms in total. The Morgan fingerprint density at radius 1 is 1.45 bits per heavy atom. The predicted molar refractivity (Wildman–Crippen MR) is 41.1 cm³/mol. The van der Waals surface area contributed by atoms with Crippen molar-refractivity contribution in [1.29, 1.82) is 0 Å². The van der Waals surface area contributed by atoms with Crippen molar-refractivity contribution < 1.29 is 9.84 Å². The molecule has 0 aliphatic carbocycles. The maximum absolute atomic E-state index is 8.89. The van der Waals surface area contributed by atoms with Gasteiger partial charge in [0.05, 0.1) is 13.2 Å². The highest BCUT2D eigenvalue weighted by molar-refractivity contribution is 5.31. The van der Waals surface area contributed by atoms with Crippen LogP contribution < -0.4 is 0 Å². The van der Waals surface area contributed by atoms with Gasteiger partial charge in [0.25, 0.3) is 0 Å². The summed E-state index contributed by atoms with van der Waals surface area (Å²) >= 11 is 0. The molecule has 11 heavy (non-hydrogen) atoms. The SMILES string of the molecule is OC[C@@H]1OCc2ccccc21. The molecule has 1 heterocycles. The zero-order chi connectivity index (χ0) is 7.68. The molecule has 0 amide bonds. The van der Waals surface area contributed by atoms with Crippen LogP contribution in [0.5, 0.6) is 0 Å². The summed E-state index contributed by atoms with van der Waals surface area (Å²) in [5.74, 6) is 0. The van der Waals surface area contributed by atoms with E-state index in [1.807, 2.05) is 24.3 Å². The molecule has 1 aromatic carbocycles. The van der Waals surface area contributed by atoms with Crippen LogP contribution in [0.25, 0.3) is 0 Å². The van der Waals surface area contributed by atoms with Gasteiger partial charge in [-0.05, 0) is 11.1 Å². The lowest BCUT2D eigenvalue weighted by Crippen LogP contribution is -2.00. The van der Waals surface area contributed by atoms with E-state index >= 15 is 0 Å². The summed E-state index contributed by atoms with van der Waals surface area (Å²) in [6.07, 6.45) is -0.0915. The normalized spacial score (nSPS) is 21.7. The molecule has 1 atom stereocenters. The van der Waals surface area contributed by atoms with Crippen molar-refractivity contribution >= 4 is 0 Å². The van der Waals surface area contributed by atoms with Gasteiger partial charge in [0.15, 0.2) is 0 Å². The zero-order valence-corrected chi connectivity index (χ0v) is 6.16. The van der Waals surface area contributed by atoms with Crippen molar-refractivity contribution in [3.63, 3.8) is 0 Å². The van der Waals surface area contributed by atoms with Crippen LogP contribution in [0.4, 0.5) is 0 Å². The minimum Gasteiger partial charge on any atom is -0.393 e. The first kappa shape index (κ1) is 6.83. The second kappa shape index (κ2) is 2.64. The van der Waals surface area contributed by atoms with Gasteiger partial charge in [-0.15, -0.1) is 0 Å². The first-order valence-electron chi connectivity index (χ1n) is 3.72. The highest BCUT2D eigenvalue weighted by Gasteiger charge is 2.20. The lowest BCUT2D eigenvalue weighted by atomic mass is 10.1. The molecular formula is C9H10O2. The highest BCUT2D eigenvalue weighted by Crippen LogP contribution is 2.29. The van der Waals surface area contributed by atoms with E-state index in [4.69, 9.17) is 9.84 Å². The number of hydrogen-bond donors (Lipinski definition) is 1. The average molecular weight is 150 g/mol. The zero-order valence-electron chi connectivity index (χ0n) is 6.16. The number of aliphatic hydroxyl groups is 1.